The molecular formula is C17H26IN3. The molecule has 0 bridgehead atoms. The van der Waals surface area contributed by atoms with Crippen LogP contribution in [0.2, 0.25) is 0 Å². The van der Waals surface area contributed by atoms with Gasteiger partial charge >= 0.3 is 0 Å². The third kappa shape index (κ3) is 3.90. The molecule has 0 aromatic heterocycles. The Morgan fingerprint density at radius 1 is 1.24 bits per heavy atom. The topological polar surface area (TPSA) is 50.4 Å². The summed E-state index contributed by atoms with van der Waals surface area (Å²) in [6, 6.07) is 6.48. The minimum absolute atomic E-state index is 0. The van der Waals surface area contributed by atoms with Gasteiger partial charge in [0.15, 0.2) is 5.96 Å². The molecule has 0 atom stereocenters. The van der Waals surface area contributed by atoms with Crippen LogP contribution in [0, 0.1) is 5.41 Å². The zero-order valence-corrected chi connectivity index (χ0v) is 15.2. The van der Waals surface area contributed by atoms with E-state index in [1.54, 1.807) is 0 Å². The molecule has 0 radical (unpaired) electrons. The summed E-state index contributed by atoms with van der Waals surface area (Å²) in [7, 11) is 0. The molecule has 0 aliphatic heterocycles. The van der Waals surface area contributed by atoms with Gasteiger partial charge in [-0.3, -0.25) is 4.99 Å². The van der Waals surface area contributed by atoms with Crippen molar-refractivity contribution < 1.29 is 0 Å². The molecule has 21 heavy (non-hydrogen) atoms. The molecule has 0 unspecified atom stereocenters. The molecule has 4 heteroatoms. The van der Waals surface area contributed by atoms with Crippen molar-refractivity contribution in [1.29, 1.82) is 0 Å². The van der Waals surface area contributed by atoms with Crippen molar-refractivity contribution in [2.24, 2.45) is 16.1 Å². The Morgan fingerprint density at radius 3 is 2.71 bits per heavy atom. The number of halogens is 1. The molecule has 1 fully saturated rings. The van der Waals surface area contributed by atoms with E-state index >= 15 is 0 Å². The first kappa shape index (κ1) is 16.6. The number of anilines is 1. The van der Waals surface area contributed by atoms with Crippen LogP contribution in [-0.2, 0) is 12.8 Å². The number of nitrogens with two attached hydrogens (primary N) is 1. The summed E-state index contributed by atoms with van der Waals surface area (Å²) in [5.74, 6) is 0.567. The minimum Gasteiger partial charge on any atom is -0.370 e. The van der Waals surface area contributed by atoms with Crippen LogP contribution in [0.15, 0.2) is 23.2 Å². The van der Waals surface area contributed by atoms with Crippen molar-refractivity contribution in [3.05, 3.63) is 29.3 Å². The van der Waals surface area contributed by atoms with E-state index in [4.69, 9.17) is 5.73 Å². The second-order valence-electron chi connectivity index (χ2n) is 6.64. The first-order valence-corrected chi connectivity index (χ1v) is 7.84. The van der Waals surface area contributed by atoms with E-state index in [0.29, 0.717) is 11.4 Å². The minimum atomic E-state index is 0. The fraction of sp³-hybridized carbons (Fsp3) is 0.588. The third-order valence-electron chi connectivity index (χ3n) is 4.85. The molecule has 2 aliphatic rings. The second kappa shape index (κ2) is 6.99. The molecule has 3 nitrogen and oxygen atoms in total. The van der Waals surface area contributed by atoms with Gasteiger partial charge in [-0.15, -0.1) is 24.0 Å². The second-order valence-corrected chi connectivity index (χ2v) is 6.64. The van der Waals surface area contributed by atoms with Crippen LogP contribution in [0.5, 0.6) is 0 Å². The van der Waals surface area contributed by atoms with Crippen LogP contribution in [0.25, 0.3) is 0 Å². The lowest BCUT2D eigenvalue weighted by Crippen LogP contribution is -2.31. The highest BCUT2D eigenvalue weighted by Crippen LogP contribution is 2.40. The normalized spacial score (nSPS) is 20.0. The lowest BCUT2D eigenvalue weighted by molar-refractivity contribution is 0.174. The number of rotatable bonds is 3. The Balaban J connectivity index is 0.00000161. The maximum absolute atomic E-state index is 6.06. The van der Waals surface area contributed by atoms with E-state index in [1.165, 1.54) is 49.7 Å². The number of hydrogen-bond acceptors (Lipinski definition) is 1. The number of fused-ring (bicyclic) bond motifs is 1. The third-order valence-corrected chi connectivity index (χ3v) is 4.85. The van der Waals surface area contributed by atoms with Crippen molar-refractivity contribution in [1.82, 2.24) is 0 Å². The standard InChI is InChI=1S/C17H25N3.HI/c1-17(10-5-11-17)12-19-16(18)20-15-9-4-7-13-6-2-3-8-14(13)15;/h4,7,9H,2-3,5-6,8,10-12H2,1H3,(H3,18,19,20);1H. The molecule has 3 N–H and O–H groups in total. The Bertz CT molecular complexity index is 521. The average molecular weight is 399 g/mol. The van der Waals surface area contributed by atoms with Gasteiger partial charge in [-0.25, -0.2) is 0 Å². The van der Waals surface area contributed by atoms with Gasteiger partial charge in [-0.1, -0.05) is 25.5 Å². The van der Waals surface area contributed by atoms with Crippen LogP contribution in [0.4, 0.5) is 5.69 Å². The number of aliphatic imine (C=N–C) groups is 1. The maximum atomic E-state index is 6.06. The van der Waals surface area contributed by atoms with Gasteiger partial charge in [0, 0.05) is 12.2 Å². The summed E-state index contributed by atoms with van der Waals surface area (Å²) >= 11 is 0. The molecule has 1 aromatic rings. The highest BCUT2D eigenvalue weighted by molar-refractivity contribution is 14.0. The fourth-order valence-electron chi connectivity index (χ4n) is 3.29. The summed E-state index contributed by atoms with van der Waals surface area (Å²) < 4.78 is 0. The number of nitrogens with one attached hydrogen (secondary N) is 1. The summed E-state index contributed by atoms with van der Waals surface area (Å²) in [6.07, 6.45) is 8.84. The Kier molecular flexibility index (Phi) is 5.52. The molecule has 2 aliphatic carbocycles. The average Bonchev–Trinajstić information content (AvgIpc) is 2.43. The van der Waals surface area contributed by atoms with Gasteiger partial charge in [0.05, 0.1) is 0 Å². The molecule has 0 amide bonds. The summed E-state index contributed by atoms with van der Waals surface area (Å²) in [6.45, 7) is 3.15. The first-order chi connectivity index (χ1) is 9.66. The number of benzene rings is 1. The van der Waals surface area contributed by atoms with Crippen LogP contribution in [0.1, 0.15) is 50.2 Å². The van der Waals surface area contributed by atoms with E-state index in [1.807, 2.05) is 0 Å². The Morgan fingerprint density at radius 2 is 2.00 bits per heavy atom. The van der Waals surface area contributed by atoms with Crippen molar-refractivity contribution >= 4 is 35.6 Å². The van der Waals surface area contributed by atoms with Gasteiger partial charge in [-0.05, 0) is 61.1 Å². The van der Waals surface area contributed by atoms with Crippen LogP contribution < -0.4 is 11.1 Å². The number of nitrogens with zero attached hydrogens (tertiary/aromatic N) is 1. The lowest BCUT2D eigenvalue weighted by Gasteiger charge is -2.36. The first-order valence-electron chi connectivity index (χ1n) is 7.84. The summed E-state index contributed by atoms with van der Waals surface area (Å²) in [4.78, 5) is 4.55. The predicted molar refractivity (Wildman–Crippen MR) is 101 cm³/mol. The van der Waals surface area contributed by atoms with E-state index in [2.05, 4.69) is 35.4 Å². The maximum Gasteiger partial charge on any atom is 0.193 e. The van der Waals surface area contributed by atoms with Crippen LogP contribution in [-0.4, -0.2) is 12.5 Å². The predicted octanol–water partition coefficient (Wildman–Crippen LogP) is 4.10. The van der Waals surface area contributed by atoms with Crippen molar-refractivity contribution in [3.8, 4) is 0 Å². The monoisotopic (exact) mass is 399 g/mol. The summed E-state index contributed by atoms with van der Waals surface area (Å²) in [5.41, 5.74) is 10.5. The van der Waals surface area contributed by atoms with Crippen molar-refractivity contribution in [3.63, 3.8) is 0 Å². The molecule has 116 valence electrons. The molecule has 0 spiro atoms. The van der Waals surface area contributed by atoms with E-state index in [-0.39, 0.29) is 24.0 Å². The zero-order valence-electron chi connectivity index (χ0n) is 12.8. The van der Waals surface area contributed by atoms with Gasteiger partial charge in [0.1, 0.15) is 0 Å². The van der Waals surface area contributed by atoms with Gasteiger partial charge in [0.2, 0.25) is 0 Å². The molecule has 1 aromatic carbocycles. The van der Waals surface area contributed by atoms with E-state index < -0.39 is 0 Å². The highest BCUT2D eigenvalue weighted by atomic mass is 127. The molecule has 0 heterocycles. The molecule has 3 rings (SSSR count). The SMILES string of the molecule is CC1(CN=C(N)Nc2cccc3c2CCCC3)CCC1.I. The van der Waals surface area contributed by atoms with Crippen LogP contribution in [0.3, 0.4) is 0 Å². The number of guanidine groups is 1. The fourth-order valence-corrected chi connectivity index (χ4v) is 3.29. The van der Waals surface area contributed by atoms with Crippen molar-refractivity contribution in [2.45, 2.75) is 51.9 Å². The Hall–Kier alpha value is -0.780. The van der Waals surface area contributed by atoms with Gasteiger partial charge in [0.25, 0.3) is 0 Å². The number of aryl methyl sites for hydroxylation is 1. The molecule has 1 saturated carbocycles. The van der Waals surface area contributed by atoms with Gasteiger partial charge in [-0.2, -0.15) is 0 Å². The number of hydrogen-bond donors (Lipinski definition) is 2. The highest BCUT2D eigenvalue weighted by Gasteiger charge is 2.31. The quantitative estimate of drug-likeness (QED) is 0.457. The van der Waals surface area contributed by atoms with E-state index in [9.17, 15) is 0 Å². The van der Waals surface area contributed by atoms with Crippen molar-refractivity contribution in [2.75, 3.05) is 11.9 Å². The summed E-state index contributed by atoms with van der Waals surface area (Å²) in [5, 5.41) is 3.32. The largest absolute Gasteiger partial charge is 0.370 e. The molecule has 0 saturated heterocycles. The smallest absolute Gasteiger partial charge is 0.193 e. The van der Waals surface area contributed by atoms with Gasteiger partial charge < -0.3 is 11.1 Å². The van der Waals surface area contributed by atoms with E-state index in [0.717, 1.165) is 18.7 Å². The lowest BCUT2D eigenvalue weighted by atomic mass is 9.71. The zero-order chi connectivity index (χ0) is 14.0. The molecular weight excluding hydrogens is 373 g/mol. The van der Waals surface area contributed by atoms with Crippen LogP contribution >= 0.6 is 24.0 Å². The Labute approximate surface area is 144 Å².